The molecule has 1 aliphatic heterocycles. The molecule has 4 bridgehead atoms. The molecule has 6 rings (SSSR count). The third-order valence-electron chi connectivity index (χ3n) is 8.49. The van der Waals surface area contributed by atoms with Gasteiger partial charge in [-0.3, -0.25) is 9.10 Å². The molecular weight excluding hydrogens is 408 g/mol. The number of carbonyl (C=O) groups is 1. The largest absolute Gasteiger partial charge is 0.341 e. The summed E-state index contributed by atoms with van der Waals surface area (Å²) in [6.07, 6.45) is 11.4. The Morgan fingerprint density at radius 2 is 1.65 bits per heavy atom. The number of amides is 1. The van der Waals surface area contributed by atoms with E-state index >= 15 is 0 Å². The van der Waals surface area contributed by atoms with Crippen LogP contribution in [0.1, 0.15) is 63.9 Å². The summed E-state index contributed by atoms with van der Waals surface area (Å²) < 4.78 is 26.4. The predicted octanol–water partition coefficient (Wildman–Crippen LogP) is 4.18. The molecule has 0 N–H and O–H groups in total. The molecule has 31 heavy (non-hydrogen) atoms. The number of likely N-dealkylation sites (tertiary alicyclic amines) is 1. The number of sulfonamides is 1. The highest BCUT2D eigenvalue weighted by molar-refractivity contribution is 7.92. The third kappa shape index (κ3) is 4.12. The van der Waals surface area contributed by atoms with E-state index in [2.05, 4.69) is 19.1 Å². The van der Waals surface area contributed by atoms with Gasteiger partial charge in [-0.15, -0.1) is 0 Å². The van der Waals surface area contributed by atoms with Crippen molar-refractivity contribution in [2.75, 3.05) is 30.2 Å². The third-order valence-corrected chi connectivity index (χ3v) is 9.64. The highest BCUT2D eigenvalue weighted by atomic mass is 32.2. The fourth-order valence-corrected chi connectivity index (χ4v) is 8.33. The smallest absolute Gasteiger partial charge is 0.243 e. The fraction of sp³-hybridized carbons (Fsp3) is 0.720. The first kappa shape index (κ1) is 21.3. The van der Waals surface area contributed by atoms with Crippen LogP contribution in [-0.2, 0) is 20.2 Å². The minimum Gasteiger partial charge on any atom is -0.341 e. The van der Waals surface area contributed by atoms with E-state index in [0.29, 0.717) is 17.0 Å². The van der Waals surface area contributed by atoms with E-state index in [1.807, 2.05) is 17.0 Å². The number of rotatable bonds is 5. The molecule has 1 amide bonds. The Balaban J connectivity index is 1.35. The van der Waals surface area contributed by atoms with E-state index < -0.39 is 10.0 Å². The van der Waals surface area contributed by atoms with Crippen molar-refractivity contribution >= 4 is 21.6 Å². The molecule has 1 heterocycles. The van der Waals surface area contributed by atoms with E-state index in [9.17, 15) is 13.2 Å². The Hall–Kier alpha value is -1.56. The van der Waals surface area contributed by atoms with Gasteiger partial charge in [-0.25, -0.2) is 8.42 Å². The van der Waals surface area contributed by atoms with Crippen molar-refractivity contribution in [3.05, 3.63) is 29.8 Å². The van der Waals surface area contributed by atoms with Crippen LogP contribution >= 0.6 is 0 Å². The maximum absolute atomic E-state index is 12.9. The first-order valence-corrected chi connectivity index (χ1v) is 13.9. The van der Waals surface area contributed by atoms with Crippen LogP contribution in [0.3, 0.4) is 0 Å². The van der Waals surface area contributed by atoms with Crippen LogP contribution in [0.25, 0.3) is 0 Å². The van der Waals surface area contributed by atoms with Crippen molar-refractivity contribution in [2.24, 2.45) is 23.7 Å². The number of piperidine rings is 1. The second-order valence-electron chi connectivity index (χ2n) is 11.1. The molecule has 4 aliphatic carbocycles. The van der Waals surface area contributed by atoms with Crippen molar-refractivity contribution in [2.45, 2.75) is 63.7 Å². The average molecular weight is 445 g/mol. The lowest BCUT2D eigenvalue weighted by Gasteiger charge is -2.57. The SMILES string of the molecule is C[C@@H]1CCCN(C(=O)CN(c2ccc(C34CC5CC(CC(C5)C3)C4)cc2)S(C)(=O)=O)C1. The molecule has 1 aromatic rings. The normalized spacial score (nSPS) is 34.7. The summed E-state index contributed by atoms with van der Waals surface area (Å²) in [7, 11) is -3.54. The molecular formula is C25H36N2O3S. The van der Waals surface area contributed by atoms with E-state index in [4.69, 9.17) is 0 Å². The second kappa shape index (κ2) is 7.79. The van der Waals surface area contributed by atoms with Gasteiger partial charge in [0, 0.05) is 13.1 Å². The highest BCUT2D eigenvalue weighted by Gasteiger charge is 2.51. The molecule has 5 aliphatic rings. The second-order valence-corrected chi connectivity index (χ2v) is 13.0. The Bertz CT molecular complexity index is 905. The summed E-state index contributed by atoms with van der Waals surface area (Å²) >= 11 is 0. The Morgan fingerprint density at radius 1 is 1.06 bits per heavy atom. The molecule has 0 radical (unpaired) electrons. The number of hydrogen-bond donors (Lipinski definition) is 0. The molecule has 0 aromatic heterocycles. The zero-order chi connectivity index (χ0) is 21.8. The van der Waals surface area contributed by atoms with Crippen LogP contribution in [-0.4, -0.2) is 45.1 Å². The van der Waals surface area contributed by atoms with Crippen LogP contribution in [0.5, 0.6) is 0 Å². The van der Waals surface area contributed by atoms with Crippen LogP contribution in [0.4, 0.5) is 5.69 Å². The Kier molecular flexibility index (Phi) is 5.35. The van der Waals surface area contributed by atoms with E-state index in [0.717, 1.165) is 43.7 Å². The molecule has 5 fully saturated rings. The Morgan fingerprint density at radius 3 is 2.16 bits per heavy atom. The maximum atomic E-state index is 12.9. The minimum atomic E-state index is -3.54. The van der Waals surface area contributed by atoms with Crippen LogP contribution in [0, 0.1) is 23.7 Å². The lowest BCUT2D eigenvalue weighted by molar-refractivity contribution is -0.131. The first-order valence-electron chi connectivity index (χ1n) is 12.1. The first-order chi connectivity index (χ1) is 14.7. The van der Waals surface area contributed by atoms with Gasteiger partial charge >= 0.3 is 0 Å². The van der Waals surface area contributed by atoms with E-state index in [1.165, 1.54) is 54.6 Å². The summed E-state index contributed by atoms with van der Waals surface area (Å²) in [5.74, 6) is 3.01. The summed E-state index contributed by atoms with van der Waals surface area (Å²) in [5, 5.41) is 0. The quantitative estimate of drug-likeness (QED) is 0.685. The van der Waals surface area contributed by atoms with Crippen molar-refractivity contribution < 1.29 is 13.2 Å². The van der Waals surface area contributed by atoms with Crippen molar-refractivity contribution in [3.8, 4) is 0 Å². The van der Waals surface area contributed by atoms with Gasteiger partial charge in [0.1, 0.15) is 6.54 Å². The lowest BCUT2D eigenvalue weighted by Crippen LogP contribution is -2.48. The van der Waals surface area contributed by atoms with Crippen molar-refractivity contribution in [1.29, 1.82) is 0 Å². The van der Waals surface area contributed by atoms with Gasteiger partial charge < -0.3 is 4.90 Å². The topological polar surface area (TPSA) is 57.7 Å². The number of benzene rings is 1. The summed E-state index contributed by atoms with van der Waals surface area (Å²) in [5.41, 5.74) is 2.28. The summed E-state index contributed by atoms with van der Waals surface area (Å²) in [6, 6.07) is 8.16. The van der Waals surface area contributed by atoms with Gasteiger partial charge in [-0.2, -0.15) is 0 Å². The molecule has 6 heteroatoms. The van der Waals surface area contributed by atoms with Gasteiger partial charge in [0.25, 0.3) is 0 Å². The highest BCUT2D eigenvalue weighted by Crippen LogP contribution is 2.60. The zero-order valence-electron chi connectivity index (χ0n) is 18.9. The molecule has 1 atom stereocenters. The fourth-order valence-electron chi connectivity index (χ4n) is 7.48. The van der Waals surface area contributed by atoms with Crippen LogP contribution in [0.15, 0.2) is 24.3 Å². The molecule has 0 spiro atoms. The van der Waals surface area contributed by atoms with Gasteiger partial charge in [-0.1, -0.05) is 19.1 Å². The minimum absolute atomic E-state index is 0.0952. The molecule has 0 unspecified atom stereocenters. The van der Waals surface area contributed by atoms with Gasteiger partial charge in [0.05, 0.1) is 11.9 Å². The molecule has 1 aromatic carbocycles. The summed E-state index contributed by atoms with van der Waals surface area (Å²) in [6.45, 7) is 3.49. The number of carbonyl (C=O) groups excluding carboxylic acids is 1. The van der Waals surface area contributed by atoms with E-state index in [-0.39, 0.29) is 12.5 Å². The van der Waals surface area contributed by atoms with Crippen LogP contribution in [0.2, 0.25) is 0 Å². The lowest BCUT2D eigenvalue weighted by atomic mass is 9.48. The predicted molar refractivity (Wildman–Crippen MR) is 123 cm³/mol. The molecule has 5 nitrogen and oxygen atoms in total. The van der Waals surface area contributed by atoms with Gasteiger partial charge in [0.2, 0.25) is 15.9 Å². The van der Waals surface area contributed by atoms with Gasteiger partial charge in [-0.05, 0) is 98.1 Å². The monoisotopic (exact) mass is 444 g/mol. The average Bonchev–Trinajstić information content (AvgIpc) is 2.70. The maximum Gasteiger partial charge on any atom is 0.243 e. The Labute approximate surface area is 187 Å². The van der Waals surface area contributed by atoms with E-state index in [1.54, 1.807) is 0 Å². The number of hydrogen-bond acceptors (Lipinski definition) is 3. The van der Waals surface area contributed by atoms with Crippen molar-refractivity contribution in [3.63, 3.8) is 0 Å². The van der Waals surface area contributed by atoms with Crippen LogP contribution < -0.4 is 4.31 Å². The van der Waals surface area contributed by atoms with Crippen molar-refractivity contribution in [1.82, 2.24) is 4.90 Å². The number of nitrogens with zero attached hydrogens (tertiary/aromatic N) is 2. The number of anilines is 1. The molecule has 4 saturated carbocycles. The zero-order valence-corrected chi connectivity index (χ0v) is 19.7. The molecule has 170 valence electrons. The summed E-state index contributed by atoms with van der Waals surface area (Å²) in [4.78, 5) is 14.7. The standard InChI is InChI=1S/C25H36N2O3S/c1-18-4-3-9-26(16-18)24(28)17-27(31(2,29)30)23-7-5-22(6-8-23)25-13-19-10-20(14-25)12-21(11-19)15-25/h5-8,18-21H,3-4,9-17H2,1-2H3/t18-,19?,20?,21?,25?/m1/s1. The molecule has 1 saturated heterocycles. The van der Waals surface area contributed by atoms with Gasteiger partial charge in [0.15, 0.2) is 0 Å².